The van der Waals surface area contributed by atoms with E-state index in [1.165, 1.54) is 4.57 Å². The fourth-order valence-corrected chi connectivity index (χ4v) is 2.55. The van der Waals surface area contributed by atoms with E-state index < -0.39 is 11.2 Å². The molecule has 0 saturated carbocycles. The number of fused-ring (bicyclic) bond motifs is 1. The third kappa shape index (κ3) is 3.46. The zero-order chi connectivity index (χ0) is 18.0. The molecule has 0 spiro atoms. The predicted octanol–water partition coefficient (Wildman–Crippen LogP) is 1.23. The topological polar surface area (TPSA) is 80.2 Å². The number of H-pyrrole nitrogens is 1. The molecule has 0 aliphatic rings. The Morgan fingerprint density at radius 1 is 1.24 bits per heavy atom. The van der Waals surface area contributed by atoms with Crippen LogP contribution in [0.1, 0.15) is 0 Å². The number of ether oxygens (including phenoxy) is 1. The Labute approximate surface area is 144 Å². The summed E-state index contributed by atoms with van der Waals surface area (Å²) < 4.78 is 7.20. The van der Waals surface area contributed by atoms with E-state index in [1.807, 2.05) is 43.3 Å². The van der Waals surface area contributed by atoms with Gasteiger partial charge in [0, 0.05) is 30.9 Å². The summed E-state index contributed by atoms with van der Waals surface area (Å²) in [5, 5.41) is 0.364. The lowest BCUT2D eigenvalue weighted by Gasteiger charge is -2.14. The maximum atomic E-state index is 12.1. The first kappa shape index (κ1) is 16.9. The number of hydrogen-bond acceptors (Lipinski definition) is 5. The summed E-state index contributed by atoms with van der Waals surface area (Å²) in [5.41, 5.74) is 1.04. The van der Waals surface area contributed by atoms with E-state index in [1.54, 1.807) is 19.3 Å². The molecule has 7 heteroatoms. The third-order valence-corrected chi connectivity index (χ3v) is 3.95. The number of aromatic nitrogens is 3. The molecular weight excluding hydrogens is 320 g/mol. The summed E-state index contributed by atoms with van der Waals surface area (Å²) in [6.45, 7) is 1.35. The molecule has 3 rings (SSSR count). The van der Waals surface area contributed by atoms with Gasteiger partial charge in [-0.2, -0.15) is 0 Å². The molecule has 2 aromatic heterocycles. The molecule has 2 heterocycles. The Kier molecular flexibility index (Phi) is 4.67. The van der Waals surface area contributed by atoms with Gasteiger partial charge >= 0.3 is 5.69 Å². The van der Waals surface area contributed by atoms with Crippen molar-refractivity contribution in [2.45, 2.75) is 0 Å². The number of benzene rings is 1. The van der Waals surface area contributed by atoms with Crippen molar-refractivity contribution in [3.8, 4) is 16.9 Å². The Morgan fingerprint density at radius 2 is 2.00 bits per heavy atom. The lowest BCUT2D eigenvalue weighted by molar-refractivity contribution is 0.262. The van der Waals surface area contributed by atoms with Crippen LogP contribution in [-0.4, -0.2) is 46.7 Å². The van der Waals surface area contributed by atoms with Gasteiger partial charge in [-0.25, -0.2) is 9.78 Å². The van der Waals surface area contributed by atoms with Crippen molar-refractivity contribution in [3.63, 3.8) is 0 Å². The minimum Gasteiger partial charge on any atom is -0.492 e. The van der Waals surface area contributed by atoms with Crippen LogP contribution in [0.4, 0.5) is 0 Å². The van der Waals surface area contributed by atoms with Gasteiger partial charge < -0.3 is 9.64 Å². The van der Waals surface area contributed by atoms with Gasteiger partial charge in [0.15, 0.2) is 0 Å². The van der Waals surface area contributed by atoms with Crippen molar-refractivity contribution in [2.75, 3.05) is 27.2 Å². The average Bonchev–Trinajstić information content (AvgIpc) is 2.59. The van der Waals surface area contributed by atoms with Gasteiger partial charge in [-0.05, 0) is 26.2 Å². The number of aryl methyl sites for hydroxylation is 1. The molecule has 1 aromatic carbocycles. The fraction of sp³-hybridized carbons (Fsp3) is 0.278. The molecule has 0 aliphatic heterocycles. The lowest BCUT2D eigenvalue weighted by atomic mass is 10.1. The molecule has 0 atom stereocenters. The number of likely N-dealkylation sites (N-methyl/N-ethyl adjacent to an activating group) is 1. The van der Waals surface area contributed by atoms with Gasteiger partial charge in [-0.1, -0.05) is 18.2 Å². The molecule has 0 fully saturated rings. The largest absolute Gasteiger partial charge is 0.492 e. The van der Waals surface area contributed by atoms with E-state index in [0.717, 1.165) is 23.4 Å². The highest BCUT2D eigenvalue weighted by atomic mass is 16.5. The molecule has 0 aliphatic carbocycles. The Bertz CT molecular complexity index is 1020. The number of pyridine rings is 1. The SMILES string of the molecule is CN(C)CCOc1ccccc1-c1cnc2c(c1)c(=O)[nH]c(=O)n2C. The number of para-hydroxylation sites is 1. The van der Waals surface area contributed by atoms with Crippen molar-refractivity contribution in [3.05, 3.63) is 57.4 Å². The van der Waals surface area contributed by atoms with Crippen molar-refractivity contribution >= 4 is 11.0 Å². The van der Waals surface area contributed by atoms with Crippen molar-refractivity contribution in [1.82, 2.24) is 19.4 Å². The first-order chi connectivity index (χ1) is 12.0. The van der Waals surface area contributed by atoms with E-state index in [9.17, 15) is 9.59 Å². The van der Waals surface area contributed by atoms with E-state index in [0.29, 0.717) is 17.6 Å². The molecule has 0 unspecified atom stereocenters. The number of aromatic amines is 1. The van der Waals surface area contributed by atoms with Gasteiger partial charge in [0.2, 0.25) is 0 Å². The number of nitrogens with zero attached hydrogens (tertiary/aromatic N) is 3. The molecule has 0 radical (unpaired) electrons. The van der Waals surface area contributed by atoms with E-state index in [2.05, 4.69) is 9.97 Å². The van der Waals surface area contributed by atoms with E-state index in [-0.39, 0.29) is 0 Å². The highest BCUT2D eigenvalue weighted by molar-refractivity contribution is 5.82. The van der Waals surface area contributed by atoms with Gasteiger partial charge in [0.25, 0.3) is 5.56 Å². The zero-order valence-electron chi connectivity index (χ0n) is 14.4. The maximum Gasteiger partial charge on any atom is 0.329 e. The van der Waals surface area contributed by atoms with Crippen LogP contribution in [0.25, 0.3) is 22.2 Å². The normalized spacial score (nSPS) is 11.2. The molecule has 0 saturated heterocycles. The van der Waals surface area contributed by atoms with Crippen LogP contribution in [0.2, 0.25) is 0 Å². The molecular formula is C18H20N4O3. The minimum atomic E-state index is -0.481. The number of nitrogens with one attached hydrogen (secondary N) is 1. The van der Waals surface area contributed by atoms with Crippen LogP contribution in [0, 0.1) is 0 Å². The summed E-state index contributed by atoms with van der Waals surface area (Å²) in [6.07, 6.45) is 1.65. The quantitative estimate of drug-likeness (QED) is 0.756. The number of rotatable bonds is 5. The molecule has 3 aromatic rings. The molecule has 130 valence electrons. The summed E-state index contributed by atoms with van der Waals surface area (Å²) in [7, 11) is 5.55. The van der Waals surface area contributed by atoms with Crippen LogP contribution >= 0.6 is 0 Å². The van der Waals surface area contributed by atoms with E-state index >= 15 is 0 Å². The number of hydrogen-bond donors (Lipinski definition) is 1. The van der Waals surface area contributed by atoms with Gasteiger partial charge in [0.1, 0.15) is 18.0 Å². The van der Waals surface area contributed by atoms with Crippen LogP contribution in [0.3, 0.4) is 0 Å². The maximum absolute atomic E-state index is 12.1. The van der Waals surface area contributed by atoms with Crippen LogP contribution in [-0.2, 0) is 7.05 Å². The molecule has 25 heavy (non-hydrogen) atoms. The highest BCUT2D eigenvalue weighted by Crippen LogP contribution is 2.30. The van der Waals surface area contributed by atoms with Crippen LogP contribution < -0.4 is 16.0 Å². The third-order valence-electron chi connectivity index (χ3n) is 3.95. The summed E-state index contributed by atoms with van der Waals surface area (Å²) in [5.74, 6) is 0.728. The fourth-order valence-electron chi connectivity index (χ4n) is 2.55. The highest BCUT2D eigenvalue weighted by Gasteiger charge is 2.11. The smallest absolute Gasteiger partial charge is 0.329 e. The molecule has 7 nitrogen and oxygen atoms in total. The molecule has 1 N–H and O–H groups in total. The Balaban J connectivity index is 2.05. The second-order valence-corrected chi connectivity index (χ2v) is 6.06. The standard InChI is InChI=1S/C18H20N4O3/c1-21(2)8-9-25-15-7-5-4-6-13(15)12-10-14-16(19-11-12)22(3)18(24)20-17(14)23/h4-7,10-11H,8-9H2,1-3H3,(H,20,23,24). The minimum absolute atomic E-state index is 0.350. The van der Waals surface area contributed by atoms with Gasteiger partial charge in [0.05, 0.1) is 5.39 Å². The Hall–Kier alpha value is -2.93. The Morgan fingerprint density at radius 3 is 2.76 bits per heavy atom. The monoisotopic (exact) mass is 340 g/mol. The van der Waals surface area contributed by atoms with Crippen LogP contribution in [0.5, 0.6) is 5.75 Å². The first-order valence-corrected chi connectivity index (χ1v) is 7.93. The molecule has 0 amide bonds. The van der Waals surface area contributed by atoms with Crippen molar-refractivity contribution < 1.29 is 4.74 Å². The zero-order valence-corrected chi connectivity index (χ0v) is 14.4. The molecule has 0 bridgehead atoms. The average molecular weight is 340 g/mol. The van der Waals surface area contributed by atoms with Crippen LogP contribution in [0.15, 0.2) is 46.1 Å². The summed E-state index contributed by atoms with van der Waals surface area (Å²) in [4.78, 5) is 32.4. The first-order valence-electron chi connectivity index (χ1n) is 7.93. The van der Waals surface area contributed by atoms with Crippen molar-refractivity contribution in [1.29, 1.82) is 0 Å². The van der Waals surface area contributed by atoms with Gasteiger partial charge in [-0.15, -0.1) is 0 Å². The van der Waals surface area contributed by atoms with Gasteiger partial charge in [-0.3, -0.25) is 14.3 Å². The predicted molar refractivity (Wildman–Crippen MR) is 97.1 cm³/mol. The second kappa shape index (κ2) is 6.90. The second-order valence-electron chi connectivity index (χ2n) is 6.06. The van der Waals surface area contributed by atoms with Crippen molar-refractivity contribution in [2.24, 2.45) is 7.05 Å². The van der Waals surface area contributed by atoms with E-state index in [4.69, 9.17) is 4.74 Å². The lowest BCUT2D eigenvalue weighted by Crippen LogP contribution is -2.28. The summed E-state index contributed by atoms with van der Waals surface area (Å²) in [6, 6.07) is 9.35. The summed E-state index contributed by atoms with van der Waals surface area (Å²) >= 11 is 0.